The lowest BCUT2D eigenvalue weighted by atomic mass is 9.84. The quantitative estimate of drug-likeness (QED) is 0.686. The fraction of sp³-hybridized carbons (Fsp3) is 0.615. The summed E-state index contributed by atoms with van der Waals surface area (Å²) >= 11 is 1.49. The molecule has 0 bridgehead atoms. The molecule has 0 aliphatic carbocycles. The number of carboxylic acids is 1. The van der Waals surface area contributed by atoms with Gasteiger partial charge in [0.25, 0.3) is 0 Å². The van der Waals surface area contributed by atoms with Crippen LogP contribution in [0, 0.1) is 5.41 Å². The maximum Gasteiger partial charge on any atom is 0.315 e. The number of aromatic nitrogens is 1. The minimum Gasteiger partial charge on any atom is -0.481 e. The second-order valence-electron chi connectivity index (χ2n) is 5.39. The molecule has 0 unspecified atom stereocenters. The molecule has 3 N–H and O–H groups in total. The second-order valence-corrected chi connectivity index (χ2v) is 6.36. The van der Waals surface area contributed by atoms with Crippen molar-refractivity contribution in [1.82, 2.24) is 15.6 Å². The van der Waals surface area contributed by atoms with Gasteiger partial charge in [-0.2, -0.15) is 0 Å². The minimum atomic E-state index is -0.784. The maximum absolute atomic E-state index is 11.6. The Bertz CT molecular complexity index is 432. The lowest BCUT2D eigenvalue weighted by Crippen LogP contribution is -2.36. The van der Waals surface area contributed by atoms with Crippen LogP contribution in [0.15, 0.2) is 11.7 Å². The van der Waals surface area contributed by atoms with Gasteiger partial charge in [0.1, 0.15) is 0 Å². The number of amides is 2. The van der Waals surface area contributed by atoms with Gasteiger partial charge in [-0.05, 0) is 18.3 Å². The first-order valence-electron chi connectivity index (χ1n) is 6.50. The highest BCUT2D eigenvalue weighted by Gasteiger charge is 2.19. The number of carboxylic acid groups (broad SMARTS) is 1. The molecule has 1 aromatic rings. The van der Waals surface area contributed by atoms with Gasteiger partial charge in [-0.25, -0.2) is 4.79 Å². The average molecular weight is 299 g/mol. The lowest BCUT2D eigenvalue weighted by Gasteiger charge is -2.23. The van der Waals surface area contributed by atoms with Crippen molar-refractivity contribution in [3.8, 4) is 0 Å². The van der Waals surface area contributed by atoms with E-state index in [9.17, 15) is 9.59 Å². The molecular weight excluding hydrogens is 278 g/mol. The van der Waals surface area contributed by atoms with E-state index >= 15 is 0 Å². The largest absolute Gasteiger partial charge is 0.481 e. The summed E-state index contributed by atoms with van der Waals surface area (Å²) in [7, 11) is 0. The highest BCUT2D eigenvalue weighted by atomic mass is 32.1. The molecule has 1 aromatic heterocycles. The van der Waals surface area contributed by atoms with Gasteiger partial charge in [0.2, 0.25) is 0 Å². The molecule has 0 fully saturated rings. The molecule has 0 radical (unpaired) electrons. The van der Waals surface area contributed by atoms with Crippen molar-refractivity contribution in [2.75, 3.05) is 6.54 Å². The van der Waals surface area contributed by atoms with Crippen LogP contribution in [0.1, 0.15) is 38.0 Å². The van der Waals surface area contributed by atoms with Crippen molar-refractivity contribution in [2.24, 2.45) is 5.41 Å². The van der Waals surface area contributed by atoms with Crippen LogP contribution in [0.4, 0.5) is 4.79 Å². The third-order valence-corrected chi connectivity index (χ3v) is 3.79. The van der Waals surface area contributed by atoms with E-state index in [2.05, 4.69) is 15.6 Å². The molecule has 0 aliphatic heterocycles. The molecular formula is C13H21N3O3S. The van der Waals surface area contributed by atoms with Crippen LogP contribution >= 0.6 is 11.3 Å². The zero-order valence-corrected chi connectivity index (χ0v) is 12.6. The summed E-state index contributed by atoms with van der Waals surface area (Å²) in [5.74, 6) is -0.784. The lowest BCUT2D eigenvalue weighted by molar-refractivity contribution is -0.137. The van der Waals surface area contributed by atoms with E-state index in [4.69, 9.17) is 5.11 Å². The Morgan fingerprint density at radius 3 is 2.70 bits per heavy atom. The zero-order valence-electron chi connectivity index (χ0n) is 11.8. The molecule has 0 saturated carbocycles. The van der Waals surface area contributed by atoms with Crippen molar-refractivity contribution in [2.45, 2.75) is 39.7 Å². The van der Waals surface area contributed by atoms with E-state index < -0.39 is 5.97 Å². The molecule has 0 saturated heterocycles. The minimum absolute atomic E-state index is 0.0939. The van der Waals surface area contributed by atoms with Crippen LogP contribution < -0.4 is 10.6 Å². The molecule has 0 spiro atoms. The highest BCUT2D eigenvalue weighted by Crippen LogP contribution is 2.25. The van der Waals surface area contributed by atoms with E-state index in [1.165, 1.54) is 11.3 Å². The Kier molecular flexibility index (Phi) is 6.44. The highest BCUT2D eigenvalue weighted by molar-refractivity contribution is 7.09. The maximum atomic E-state index is 11.6. The van der Waals surface area contributed by atoms with Crippen molar-refractivity contribution in [3.63, 3.8) is 0 Å². The molecule has 112 valence electrons. The number of carbonyl (C=O) groups is 2. The van der Waals surface area contributed by atoms with Crippen LogP contribution in [-0.2, 0) is 11.3 Å². The van der Waals surface area contributed by atoms with Crippen molar-refractivity contribution in [3.05, 3.63) is 16.6 Å². The van der Waals surface area contributed by atoms with Gasteiger partial charge < -0.3 is 15.7 Å². The van der Waals surface area contributed by atoms with Crippen molar-refractivity contribution in [1.29, 1.82) is 0 Å². The van der Waals surface area contributed by atoms with E-state index in [1.807, 2.05) is 13.8 Å². The monoisotopic (exact) mass is 299 g/mol. The summed E-state index contributed by atoms with van der Waals surface area (Å²) < 4.78 is 0. The van der Waals surface area contributed by atoms with Gasteiger partial charge in [0.05, 0.1) is 12.1 Å². The molecule has 0 aliphatic rings. The molecule has 2 amide bonds. The van der Waals surface area contributed by atoms with Crippen molar-refractivity contribution < 1.29 is 14.7 Å². The Morgan fingerprint density at radius 2 is 2.10 bits per heavy atom. The summed E-state index contributed by atoms with van der Waals surface area (Å²) in [4.78, 5) is 27.0. The zero-order chi connectivity index (χ0) is 15.0. The summed E-state index contributed by atoms with van der Waals surface area (Å²) in [6, 6.07) is -0.215. The fourth-order valence-corrected chi connectivity index (χ4v) is 2.18. The van der Waals surface area contributed by atoms with Crippen LogP contribution in [0.5, 0.6) is 0 Å². The third kappa shape index (κ3) is 7.08. The molecule has 7 heteroatoms. The normalized spacial score (nSPS) is 11.1. The standard InChI is InChI=1S/C13H21N3O3S/c1-13(2,4-3-11(17)18)5-6-15-12(19)16-8-10-7-14-9-20-10/h7,9H,3-6,8H2,1-2H3,(H,17,18)(H2,15,16,19). The molecule has 1 rings (SSSR count). The fourth-order valence-electron chi connectivity index (χ4n) is 1.64. The van der Waals surface area contributed by atoms with Gasteiger partial charge in [0.15, 0.2) is 0 Å². The molecule has 6 nitrogen and oxygen atoms in total. The SMILES string of the molecule is CC(C)(CCNC(=O)NCc1cncs1)CCC(=O)O. The summed E-state index contributed by atoms with van der Waals surface area (Å²) in [6.07, 6.45) is 3.23. The Hall–Kier alpha value is -1.63. The van der Waals surface area contributed by atoms with Gasteiger partial charge in [-0.15, -0.1) is 11.3 Å². The number of thiazole rings is 1. The first-order valence-corrected chi connectivity index (χ1v) is 7.38. The Labute approximate surface area is 122 Å². The summed E-state index contributed by atoms with van der Waals surface area (Å²) in [6.45, 7) is 5.01. The number of aliphatic carboxylic acids is 1. The first-order chi connectivity index (χ1) is 9.39. The predicted octanol–water partition coefficient (Wildman–Crippen LogP) is 2.22. The van der Waals surface area contributed by atoms with Gasteiger partial charge >= 0.3 is 12.0 Å². The Balaban J connectivity index is 2.15. The van der Waals surface area contributed by atoms with Gasteiger partial charge in [-0.1, -0.05) is 13.8 Å². The van der Waals surface area contributed by atoms with Gasteiger partial charge in [0, 0.05) is 24.0 Å². The number of nitrogens with zero attached hydrogens (tertiary/aromatic N) is 1. The molecule has 0 atom stereocenters. The number of hydrogen-bond donors (Lipinski definition) is 3. The molecule has 1 heterocycles. The third-order valence-electron chi connectivity index (χ3n) is 3.01. The number of rotatable bonds is 8. The molecule has 20 heavy (non-hydrogen) atoms. The molecule has 0 aromatic carbocycles. The van der Waals surface area contributed by atoms with E-state index in [-0.39, 0.29) is 17.9 Å². The average Bonchev–Trinajstić information content (AvgIpc) is 2.87. The topological polar surface area (TPSA) is 91.3 Å². The van der Waals surface area contributed by atoms with Crippen LogP contribution in [-0.4, -0.2) is 28.6 Å². The number of nitrogens with one attached hydrogen (secondary N) is 2. The van der Waals surface area contributed by atoms with Gasteiger partial charge in [-0.3, -0.25) is 9.78 Å². The number of urea groups is 1. The number of hydrogen-bond acceptors (Lipinski definition) is 4. The van der Waals surface area contributed by atoms with Crippen molar-refractivity contribution >= 4 is 23.3 Å². The second kappa shape index (κ2) is 7.84. The smallest absolute Gasteiger partial charge is 0.315 e. The van der Waals surface area contributed by atoms with Crippen LogP contribution in [0.2, 0.25) is 0 Å². The van der Waals surface area contributed by atoms with E-state index in [1.54, 1.807) is 11.7 Å². The van der Waals surface area contributed by atoms with Crippen LogP contribution in [0.25, 0.3) is 0 Å². The summed E-state index contributed by atoms with van der Waals surface area (Å²) in [5, 5.41) is 14.2. The summed E-state index contributed by atoms with van der Waals surface area (Å²) in [5.41, 5.74) is 1.63. The Morgan fingerprint density at radius 1 is 1.35 bits per heavy atom. The van der Waals surface area contributed by atoms with Crippen LogP contribution in [0.3, 0.4) is 0 Å². The first kappa shape index (κ1) is 16.4. The predicted molar refractivity (Wildman–Crippen MR) is 77.6 cm³/mol. The number of carbonyl (C=O) groups excluding carboxylic acids is 1. The van der Waals surface area contributed by atoms with E-state index in [0.717, 1.165) is 11.3 Å². The van der Waals surface area contributed by atoms with E-state index in [0.29, 0.717) is 19.5 Å².